The highest BCUT2D eigenvalue weighted by atomic mass is 35.5. The summed E-state index contributed by atoms with van der Waals surface area (Å²) < 4.78 is 0. The molecule has 14 heavy (non-hydrogen) atoms. The maximum absolute atomic E-state index is 5.98. The van der Waals surface area contributed by atoms with Gasteiger partial charge in [0.15, 0.2) is 0 Å². The van der Waals surface area contributed by atoms with Gasteiger partial charge in [0.25, 0.3) is 0 Å². The molecule has 0 atom stereocenters. The predicted octanol–water partition coefficient (Wildman–Crippen LogP) is 4.16. The van der Waals surface area contributed by atoms with Crippen molar-refractivity contribution in [3.05, 3.63) is 40.9 Å². The smallest absolute Gasteiger partial charge is 0.0478 e. The first-order valence-corrected chi connectivity index (χ1v) is 5.07. The fourth-order valence-corrected chi connectivity index (χ4v) is 1.34. The zero-order valence-electron chi connectivity index (χ0n) is 8.04. The lowest BCUT2D eigenvalue weighted by molar-refractivity contribution is 0.888. The van der Waals surface area contributed by atoms with Gasteiger partial charge in [-0.2, -0.15) is 0 Å². The van der Waals surface area contributed by atoms with E-state index in [1.165, 1.54) is 0 Å². The highest BCUT2D eigenvalue weighted by Crippen LogP contribution is 2.16. The van der Waals surface area contributed by atoms with E-state index in [0.29, 0.717) is 0 Å². The minimum absolute atomic E-state index is 0.792. The Morgan fingerprint density at radius 2 is 2.14 bits per heavy atom. The minimum atomic E-state index is 0.792. The van der Waals surface area contributed by atoms with Crippen LogP contribution in [0.2, 0.25) is 5.02 Å². The largest absolute Gasteiger partial charge is 0.120 e. The number of benzene rings is 1. The summed E-state index contributed by atoms with van der Waals surface area (Å²) in [5, 5.41) is 0.792. The first-order valence-electron chi connectivity index (χ1n) is 4.69. The van der Waals surface area contributed by atoms with Crippen molar-refractivity contribution in [2.45, 2.75) is 19.3 Å². The zero-order chi connectivity index (χ0) is 10.2. The van der Waals surface area contributed by atoms with Gasteiger partial charge in [0.2, 0.25) is 0 Å². The third-order valence-electron chi connectivity index (χ3n) is 1.89. The molecule has 0 N–H and O–H groups in total. The molecule has 0 amide bonds. The molecule has 1 rings (SSSR count). The molecular weight excluding hydrogens is 192 g/mol. The Labute approximate surface area is 90.6 Å². The molecule has 1 heteroatoms. The molecule has 0 aliphatic rings. The van der Waals surface area contributed by atoms with E-state index in [1.807, 2.05) is 30.3 Å². The second-order valence-corrected chi connectivity index (χ2v) is 3.43. The summed E-state index contributed by atoms with van der Waals surface area (Å²) in [6.07, 6.45) is 12.2. The molecule has 1 aromatic rings. The van der Waals surface area contributed by atoms with Crippen molar-refractivity contribution < 1.29 is 0 Å². The number of rotatable bonds is 4. The monoisotopic (exact) mass is 204 g/mol. The van der Waals surface area contributed by atoms with Crippen LogP contribution in [0.1, 0.15) is 24.8 Å². The number of allylic oxidation sites excluding steroid dienone is 1. The fraction of sp³-hybridized carbons (Fsp3) is 0.231. The number of halogens is 1. The summed E-state index contributed by atoms with van der Waals surface area (Å²) in [6, 6.07) is 7.80. The van der Waals surface area contributed by atoms with Crippen molar-refractivity contribution in [2.75, 3.05) is 0 Å². The summed E-state index contributed by atoms with van der Waals surface area (Å²) in [4.78, 5) is 0. The van der Waals surface area contributed by atoms with Gasteiger partial charge >= 0.3 is 0 Å². The van der Waals surface area contributed by atoms with Crippen molar-refractivity contribution >= 4 is 17.7 Å². The summed E-state index contributed by atoms with van der Waals surface area (Å²) in [5.74, 6) is 2.62. The van der Waals surface area contributed by atoms with Gasteiger partial charge in [-0.3, -0.25) is 0 Å². The molecule has 72 valence electrons. The Kier molecular flexibility index (Phi) is 4.89. The van der Waals surface area contributed by atoms with Crippen molar-refractivity contribution in [2.24, 2.45) is 0 Å². The number of hydrogen-bond acceptors (Lipinski definition) is 0. The van der Waals surface area contributed by atoms with Crippen LogP contribution in [-0.2, 0) is 0 Å². The van der Waals surface area contributed by atoms with Gasteiger partial charge in [0.05, 0.1) is 0 Å². The number of terminal acetylenes is 1. The zero-order valence-corrected chi connectivity index (χ0v) is 8.80. The molecular formula is C13H13Cl. The summed E-state index contributed by atoms with van der Waals surface area (Å²) in [7, 11) is 0. The Balaban J connectivity index is 2.45. The van der Waals surface area contributed by atoms with Gasteiger partial charge in [0, 0.05) is 11.4 Å². The van der Waals surface area contributed by atoms with E-state index in [9.17, 15) is 0 Å². The van der Waals surface area contributed by atoms with Crippen LogP contribution in [0.5, 0.6) is 0 Å². The van der Waals surface area contributed by atoms with Crippen LogP contribution >= 0.6 is 11.6 Å². The standard InChI is InChI=1S/C13H13Cl/c1-2-3-4-5-6-9-12-10-7-8-11-13(12)14/h1,6-11H,3-5H2/b9-6+. The number of hydrogen-bond donors (Lipinski definition) is 0. The van der Waals surface area contributed by atoms with Crippen LogP contribution in [0.3, 0.4) is 0 Å². The van der Waals surface area contributed by atoms with Crippen LogP contribution in [0, 0.1) is 12.3 Å². The molecule has 0 heterocycles. The molecule has 0 fully saturated rings. The molecule has 0 spiro atoms. The van der Waals surface area contributed by atoms with Gasteiger partial charge < -0.3 is 0 Å². The summed E-state index contributed by atoms with van der Waals surface area (Å²) in [5.41, 5.74) is 1.06. The van der Waals surface area contributed by atoms with E-state index in [4.69, 9.17) is 18.0 Å². The molecule has 0 aliphatic carbocycles. The highest BCUT2D eigenvalue weighted by Gasteiger charge is 1.91. The van der Waals surface area contributed by atoms with Gasteiger partial charge in [-0.05, 0) is 24.5 Å². The molecule has 1 aromatic carbocycles. The first-order chi connectivity index (χ1) is 6.84. The highest BCUT2D eigenvalue weighted by molar-refractivity contribution is 6.32. The molecule has 0 saturated heterocycles. The van der Waals surface area contributed by atoms with E-state index < -0.39 is 0 Å². The van der Waals surface area contributed by atoms with Crippen molar-refractivity contribution in [1.82, 2.24) is 0 Å². The second-order valence-electron chi connectivity index (χ2n) is 3.02. The summed E-state index contributed by atoms with van der Waals surface area (Å²) in [6.45, 7) is 0. The third-order valence-corrected chi connectivity index (χ3v) is 2.24. The SMILES string of the molecule is C#CCCC/C=C/c1ccccc1Cl. The van der Waals surface area contributed by atoms with E-state index in [1.54, 1.807) is 0 Å². The lowest BCUT2D eigenvalue weighted by atomic mass is 10.1. The van der Waals surface area contributed by atoms with Gasteiger partial charge in [-0.1, -0.05) is 42.0 Å². The average molecular weight is 205 g/mol. The van der Waals surface area contributed by atoms with E-state index in [-0.39, 0.29) is 0 Å². The summed E-state index contributed by atoms with van der Waals surface area (Å²) >= 11 is 5.98. The van der Waals surface area contributed by atoms with Crippen LogP contribution in [0.15, 0.2) is 30.3 Å². The van der Waals surface area contributed by atoms with Gasteiger partial charge in [-0.25, -0.2) is 0 Å². The van der Waals surface area contributed by atoms with E-state index in [2.05, 4.69) is 12.0 Å². The topological polar surface area (TPSA) is 0 Å². The van der Waals surface area contributed by atoms with E-state index in [0.717, 1.165) is 29.8 Å². The fourth-order valence-electron chi connectivity index (χ4n) is 1.14. The van der Waals surface area contributed by atoms with Gasteiger partial charge in [-0.15, -0.1) is 12.3 Å². The Morgan fingerprint density at radius 3 is 2.86 bits per heavy atom. The molecule has 0 radical (unpaired) electrons. The molecule has 0 saturated carbocycles. The first kappa shape index (κ1) is 10.9. The van der Waals surface area contributed by atoms with Crippen molar-refractivity contribution in [1.29, 1.82) is 0 Å². The lowest BCUT2D eigenvalue weighted by Crippen LogP contribution is -1.73. The maximum Gasteiger partial charge on any atom is 0.0478 e. The molecule has 0 aliphatic heterocycles. The Bertz CT molecular complexity index is 344. The predicted molar refractivity (Wildman–Crippen MR) is 63.2 cm³/mol. The third kappa shape index (κ3) is 3.68. The second kappa shape index (κ2) is 6.29. The van der Waals surface area contributed by atoms with Gasteiger partial charge in [0.1, 0.15) is 0 Å². The molecule has 0 bridgehead atoms. The van der Waals surface area contributed by atoms with Crippen molar-refractivity contribution in [3.8, 4) is 12.3 Å². The maximum atomic E-state index is 5.98. The Hall–Kier alpha value is -1.19. The van der Waals surface area contributed by atoms with Crippen LogP contribution in [0.4, 0.5) is 0 Å². The van der Waals surface area contributed by atoms with E-state index >= 15 is 0 Å². The van der Waals surface area contributed by atoms with Crippen LogP contribution < -0.4 is 0 Å². The van der Waals surface area contributed by atoms with Crippen molar-refractivity contribution in [3.63, 3.8) is 0 Å². The average Bonchev–Trinajstić information content (AvgIpc) is 2.20. The lowest BCUT2D eigenvalue weighted by Gasteiger charge is -1.95. The van der Waals surface area contributed by atoms with Crippen LogP contribution in [-0.4, -0.2) is 0 Å². The number of unbranched alkanes of at least 4 members (excludes halogenated alkanes) is 2. The normalized spacial score (nSPS) is 10.3. The molecule has 0 nitrogen and oxygen atoms in total. The van der Waals surface area contributed by atoms with Crippen LogP contribution in [0.25, 0.3) is 6.08 Å². The Morgan fingerprint density at radius 1 is 1.36 bits per heavy atom. The quantitative estimate of drug-likeness (QED) is 0.511. The minimum Gasteiger partial charge on any atom is -0.120 e. The molecule has 0 aromatic heterocycles. The molecule has 0 unspecified atom stereocenters.